The maximum absolute atomic E-state index is 11.6. The summed E-state index contributed by atoms with van der Waals surface area (Å²) in [5.74, 6) is 0. The quantitative estimate of drug-likeness (QED) is 0.673. The van der Waals surface area contributed by atoms with Crippen LogP contribution in [0.2, 0.25) is 0 Å². The van der Waals surface area contributed by atoms with E-state index in [0.717, 1.165) is 11.1 Å². The van der Waals surface area contributed by atoms with Gasteiger partial charge in [0.15, 0.2) is 5.65 Å². The molecule has 6 nitrogen and oxygen atoms in total. The number of nitrogens with one attached hydrogen (secondary N) is 1. The summed E-state index contributed by atoms with van der Waals surface area (Å²) in [4.78, 5) is 26.3. The van der Waals surface area contributed by atoms with Gasteiger partial charge in [0.1, 0.15) is 0 Å². The molecular formula is C12H10N4O2. The third-order valence-electron chi connectivity index (χ3n) is 2.51. The van der Waals surface area contributed by atoms with E-state index in [2.05, 4.69) is 19.9 Å². The molecule has 6 heteroatoms. The highest BCUT2D eigenvalue weighted by Crippen LogP contribution is 2.19. The molecule has 3 heterocycles. The number of pyridine rings is 2. The van der Waals surface area contributed by atoms with Crippen LogP contribution in [0, 0.1) is 0 Å². The second-order valence-electron chi connectivity index (χ2n) is 3.56. The summed E-state index contributed by atoms with van der Waals surface area (Å²) < 4.78 is 0. The van der Waals surface area contributed by atoms with E-state index in [1.54, 1.807) is 24.7 Å². The summed E-state index contributed by atoms with van der Waals surface area (Å²) in [6.45, 7) is 0. The number of rotatable bonds is 1. The number of aromatic amines is 1. The average Bonchev–Trinajstić information content (AvgIpc) is 2.40. The number of hydrogen-bond donors (Lipinski definition) is 1. The van der Waals surface area contributed by atoms with Gasteiger partial charge in [0.2, 0.25) is 0 Å². The number of nitrogens with zero attached hydrogens (tertiary/aromatic N) is 3. The first-order chi connectivity index (χ1) is 8.34. The molecule has 3 N–H and O–H groups in total. The van der Waals surface area contributed by atoms with E-state index in [-0.39, 0.29) is 11.0 Å². The van der Waals surface area contributed by atoms with Gasteiger partial charge in [-0.05, 0) is 23.8 Å². The molecule has 0 spiro atoms. The van der Waals surface area contributed by atoms with Crippen molar-refractivity contribution in [3.05, 3.63) is 53.5 Å². The van der Waals surface area contributed by atoms with Crippen molar-refractivity contribution in [3.63, 3.8) is 0 Å². The lowest BCUT2D eigenvalue weighted by Gasteiger charge is -2.01. The van der Waals surface area contributed by atoms with E-state index < -0.39 is 0 Å². The van der Waals surface area contributed by atoms with Crippen LogP contribution in [0.25, 0.3) is 22.2 Å². The molecule has 0 atom stereocenters. The van der Waals surface area contributed by atoms with E-state index in [1.807, 2.05) is 12.1 Å². The molecule has 0 saturated heterocycles. The molecule has 0 aliphatic rings. The Kier molecular flexibility index (Phi) is 3.11. The molecule has 3 rings (SSSR count). The summed E-state index contributed by atoms with van der Waals surface area (Å²) in [6.07, 6.45) is 6.45. The SMILES string of the molecule is O.O=c1[nH]cnc2ncc(-c3ccncc3)cc12. The topological polar surface area (TPSA) is 103 Å². The number of H-pyrrole nitrogens is 1. The van der Waals surface area contributed by atoms with Gasteiger partial charge in [0.25, 0.3) is 5.56 Å². The molecular weight excluding hydrogens is 232 g/mol. The first-order valence-corrected chi connectivity index (χ1v) is 5.08. The molecule has 0 radical (unpaired) electrons. The Morgan fingerprint density at radius 2 is 1.83 bits per heavy atom. The fourth-order valence-corrected chi connectivity index (χ4v) is 1.66. The van der Waals surface area contributed by atoms with E-state index in [9.17, 15) is 4.79 Å². The van der Waals surface area contributed by atoms with Gasteiger partial charge in [-0.25, -0.2) is 9.97 Å². The van der Waals surface area contributed by atoms with E-state index in [4.69, 9.17) is 0 Å². The van der Waals surface area contributed by atoms with Crippen molar-refractivity contribution in [1.29, 1.82) is 0 Å². The van der Waals surface area contributed by atoms with Crippen molar-refractivity contribution in [1.82, 2.24) is 19.9 Å². The number of hydrogen-bond acceptors (Lipinski definition) is 4. The Bertz CT molecular complexity index is 725. The van der Waals surface area contributed by atoms with Crippen LogP contribution in [0.3, 0.4) is 0 Å². The standard InChI is InChI=1S/C12H8N4O.H2O/c17-12-10-5-9(8-1-3-13-4-2-8)6-14-11(10)15-7-16-12;/h1-7H,(H,14,15,16,17);1H2. The van der Waals surface area contributed by atoms with Crippen LogP contribution in [0.1, 0.15) is 0 Å². The van der Waals surface area contributed by atoms with Gasteiger partial charge < -0.3 is 10.5 Å². The summed E-state index contributed by atoms with van der Waals surface area (Å²) >= 11 is 0. The van der Waals surface area contributed by atoms with Crippen molar-refractivity contribution < 1.29 is 5.48 Å². The Morgan fingerprint density at radius 3 is 2.61 bits per heavy atom. The summed E-state index contributed by atoms with van der Waals surface area (Å²) in [7, 11) is 0. The molecule has 0 unspecified atom stereocenters. The summed E-state index contributed by atoms with van der Waals surface area (Å²) in [6, 6.07) is 5.52. The Morgan fingerprint density at radius 1 is 1.06 bits per heavy atom. The van der Waals surface area contributed by atoms with Crippen molar-refractivity contribution in [3.8, 4) is 11.1 Å². The van der Waals surface area contributed by atoms with Crippen LogP contribution < -0.4 is 5.56 Å². The predicted molar refractivity (Wildman–Crippen MR) is 67.0 cm³/mol. The lowest BCUT2D eigenvalue weighted by molar-refractivity contribution is 0.824. The average molecular weight is 242 g/mol. The monoisotopic (exact) mass is 242 g/mol. The van der Waals surface area contributed by atoms with Gasteiger partial charge in [-0.1, -0.05) is 0 Å². The van der Waals surface area contributed by atoms with Crippen molar-refractivity contribution in [2.75, 3.05) is 0 Å². The smallest absolute Gasteiger partial charge is 0.260 e. The minimum absolute atomic E-state index is 0. The Balaban J connectivity index is 0.00000120. The van der Waals surface area contributed by atoms with Crippen LogP contribution in [0.5, 0.6) is 0 Å². The summed E-state index contributed by atoms with van der Waals surface area (Å²) in [5, 5.41) is 0.488. The fourth-order valence-electron chi connectivity index (χ4n) is 1.66. The van der Waals surface area contributed by atoms with Crippen LogP contribution in [-0.4, -0.2) is 25.4 Å². The highest BCUT2D eigenvalue weighted by atomic mass is 16.1. The minimum atomic E-state index is -0.182. The minimum Gasteiger partial charge on any atom is -0.412 e. The molecule has 0 aliphatic carbocycles. The first kappa shape index (κ1) is 11.9. The van der Waals surface area contributed by atoms with Crippen molar-refractivity contribution >= 4 is 11.0 Å². The Labute approximate surface area is 102 Å². The maximum atomic E-state index is 11.6. The van der Waals surface area contributed by atoms with Gasteiger partial charge in [-0.2, -0.15) is 0 Å². The zero-order valence-corrected chi connectivity index (χ0v) is 9.29. The number of aromatic nitrogens is 4. The molecule has 18 heavy (non-hydrogen) atoms. The molecule has 0 saturated carbocycles. The molecule has 3 aromatic heterocycles. The molecule has 90 valence electrons. The van der Waals surface area contributed by atoms with Crippen LogP contribution in [-0.2, 0) is 0 Å². The van der Waals surface area contributed by atoms with Gasteiger partial charge in [-0.3, -0.25) is 9.78 Å². The van der Waals surface area contributed by atoms with Gasteiger partial charge >= 0.3 is 0 Å². The zero-order chi connectivity index (χ0) is 11.7. The summed E-state index contributed by atoms with van der Waals surface area (Å²) in [5.41, 5.74) is 2.11. The second-order valence-corrected chi connectivity index (χ2v) is 3.56. The Hall–Kier alpha value is -2.60. The highest BCUT2D eigenvalue weighted by Gasteiger charge is 2.03. The third-order valence-corrected chi connectivity index (χ3v) is 2.51. The van der Waals surface area contributed by atoms with Crippen molar-refractivity contribution in [2.24, 2.45) is 0 Å². The van der Waals surface area contributed by atoms with Crippen LogP contribution >= 0.6 is 0 Å². The highest BCUT2D eigenvalue weighted by molar-refractivity contribution is 5.79. The van der Waals surface area contributed by atoms with Gasteiger partial charge in [0, 0.05) is 24.2 Å². The van der Waals surface area contributed by atoms with Gasteiger partial charge in [0.05, 0.1) is 11.7 Å². The first-order valence-electron chi connectivity index (χ1n) is 5.08. The van der Waals surface area contributed by atoms with E-state index in [0.29, 0.717) is 11.0 Å². The maximum Gasteiger partial charge on any atom is 0.260 e. The lowest BCUT2D eigenvalue weighted by atomic mass is 10.1. The normalized spacial score (nSPS) is 10.0. The van der Waals surface area contributed by atoms with Crippen molar-refractivity contribution in [2.45, 2.75) is 0 Å². The second kappa shape index (κ2) is 4.72. The predicted octanol–water partition coefficient (Wildman–Crippen LogP) is 0.555. The fraction of sp³-hybridized carbons (Fsp3) is 0. The van der Waals surface area contributed by atoms with E-state index in [1.165, 1.54) is 6.33 Å². The van der Waals surface area contributed by atoms with Crippen LogP contribution in [0.15, 0.2) is 47.9 Å². The molecule has 0 bridgehead atoms. The molecule has 0 fully saturated rings. The van der Waals surface area contributed by atoms with E-state index >= 15 is 0 Å². The lowest BCUT2D eigenvalue weighted by Crippen LogP contribution is -2.07. The van der Waals surface area contributed by atoms with Crippen LogP contribution in [0.4, 0.5) is 0 Å². The molecule has 3 aromatic rings. The molecule has 0 aromatic carbocycles. The zero-order valence-electron chi connectivity index (χ0n) is 9.29. The largest absolute Gasteiger partial charge is 0.412 e. The number of fused-ring (bicyclic) bond motifs is 1. The third kappa shape index (κ3) is 1.96. The molecule has 0 aliphatic heterocycles. The molecule has 0 amide bonds. The van der Waals surface area contributed by atoms with Gasteiger partial charge in [-0.15, -0.1) is 0 Å².